The van der Waals surface area contributed by atoms with Crippen molar-refractivity contribution in [3.63, 3.8) is 0 Å². The molecule has 21 heavy (non-hydrogen) atoms. The lowest BCUT2D eigenvalue weighted by Crippen LogP contribution is -2.58. The number of amidine groups is 1. The Labute approximate surface area is 125 Å². The smallest absolute Gasteiger partial charge is 0.258 e. The third-order valence-electron chi connectivity index (χ3n) is 4.20. The zero-order valence-electron chi connectivity index (χ0n) is 12.4. The molecule has 0 spiro atoms. The van der Waals surface area contributed by atoms with Crippen molar-refractivity contribution < 1.29 is 8.42 Å². The van der Waals surface area contributed by atoms with Crippen molar-refractivity contribution >= 4 is 15.9 Å². The summed E-state index contributed by atoms with van der Waals surface area (Å²) in [6.45, 7) is 4.02. The van der Waals surface area contributed by atoms with E-state index in [2.05, 4.69) is 21.6 Å². The van der Waals surface area contributed by atoms with Crippen molar-refractivity contribution in [3.05, 3.63) is 12.0 Å². The maximum absolute atomic E-state index is 12.5. The average molecular weight is 313 g/mol. The van der Waals surface area contributed by atoms with Gasteiger partial charge in [-0.25, -0.2) is 13.4 Å². The van der Waals surface area contributed by atoms with Gasteiger partial charge in [-0.3, -0.25) is 5.41 Å². The number of rotatable bonds is 5. The van der Waals surface area contributed by atoms with Crippen molar-refractivity contribution in [3.8, 4) is 0 Å². The molecule has 0 aliphatic heterocycles. The molecule has 8 heteroatoms. The van der Waals surface area contributed by atoms with E-state index in [4.69, 9.17) is 11.1 Å². The Morgan fingerprint density at radius 3 is 2.67 bits per heavy atom. The number of nitrogens with one attached hydrogen (secondary N) is 3. The van der Waals surface area contributed by atoms with Gasteiger partial charge in [-0.1, -0.05) is 13.8 Å². The maximum atomic E-state index is 12.5. The highest BCUT2D eigenvalue weighted by molar-refractivity contribution is 7.89. The van der Waals surface area contributed by atoms with Gasteiger partial charge in [0.2, 0.25) is 0 Å². The topological polar surface area (TPSA) is 125 Å². The highest BCUT2D eigenvalue weighted by Crippen LogP contribution is 2.33. The molecule has 0 amide bonds. The Morgan fingerprint density at radius 1 is 1.57 bits per heavy atom. The molecule has 0 bridgehead atoms. The molecule has 1 heterocycles. The summed E-state index contributed by atoms with van der Waals surface area (Å²) in [5.41, 5.74) is 4.73. The lowest BCUT2D eigenvalue weighted by Gasteiger charge is -2.38. The monoisotopic (exact) mass is 313 g/mol. The van der Waals surface area contributed by atoms with Crippen LogP contribution in [-0.4, -0.2) is 29.8 Å². The second-order valence-electron chi connectivity index (χ2n) is 5.83. The lowest BCUT2D eigenvalue weighted by atomic mass is 9.77. The molecule has 5 N–H and O–H groups in total. The van der Waals surface area contributed by atoms with Crippen LogP contribution in [0.4, 0.5) is 0 Å². The molecule has 1 aliphatic carbocycles. The number of H-pyrrole nitrogens is 1. The third kappa shape index (κ3) is 3.26. The van der Waals surface area contributed by atoms with Crippen molar-refractivity contribution in [1.82, 2.24) is 14.7 Å². The first-order valence-electron chi connectivity index (χ1n) is 7.21. The molecule has 0 aromatic carbocycles. The van der Waals surface area contributed by atoms with Crippen molar-refractivity contribution in [1.29, 1.82) is 5.41 Å². The molecule has 1 aromatic heterocycles. The number of aromatic amines is 1. The van der Waals surface area contributed by atoms with Crippen LogP contribution in [0.2, 0.25) is 0 Å². The summed E-state index contributed by atoms with van der Waals surface area (Å²) in [6, 6.07) is 0. The van der Waals surface area contributed by atoms with Gasteiger partial charge in [-0.05, 0) is 31.6 Å². The quantitative estimate of drug-likeness (QED) is 0.480. The molecule has 118 valence electrons. The number of aromatic nitrogens is 2. The largest absolute Gasteiger partial charge is 0.386 e. The summed E-state index contributed by atoms with van der Waals surface area (Å²) < 4.78 is 27.6. The van der Waals surface area contributed by atoms with Crippen molar-refractivity contribution in [2.75, 3.05) is 0 Å². The summed E-state index contributed by atoms with van der Waals surface area (Å²) in [5, 5.41) is 7.84. The van der Waals surface area contributed by atoms with E-state index >= 15 is 0 Å². The number of nitrogens with zero attached hydrogens (tertiary/aromatic N) is 1. The van der Waals surface area contributed by atoms with Crippen LogP contribution in [0, 0.1) is 11.3 Å². The molecule has 0 unspecified atom stereocenters. The van der Waals surface area contributed by atoms with Gasteiger partial charge in [0, 0.05) is 6.42 Å². The number of aryl methyl sites for hydroxylation is 1. The standard InChI is InChI=1S/C13H23N5O2S/c1-3-10-16-8-11(17-10)21(19,20)18-13(12(14)15)6-4-9(2)5-7-13/h8-9,18H,3-7H2,1-2H3,(H3,14,15)(H,16,17). The van der Waals surface area contributed by atoms with E-state index in [1.165, 1.54) is 6.20 Å². The van der Waals surface area contributed by atoms with Crippen LogP contribution in [-0.2, 0) is 16.4 Å². The zero-order chi connectivity index (χ0) is 15.7. The molecule has 1 aromatic rings. The SMILES string of the molecule is CCc1ncc(S(=O)(=O)NC2(C(=N)N)CCC(C)CC2)[nH]1. The van der Waals surface area contributed by atoms with Gasteiger partial charge in [0.25, 0.3) is 10.0 Å². The van der Waals surface area contributed by atoms with Crippen LogP contribution in [0.5, 0.6) is 0 Å². The first-order valence-corrected chi connectivity index (χ1v) is 8.70. The minimum absolute atomic E-state index is 0.0265. The van der Waals surface area contributed by atoms with E-state index in [0.29, 0.717) is 31.0 Å². The molecule has 7 nitrogen and oxygen atoms in total. The summed E-state index contributed by atoms with van der Waals surface area (Å²) in [4.78, 5) is 6.80. The summed E-state index contributed by atoms with van der Waals surface area (Å²) >= 11 is 0. The van der Waals surface area contributed by atoms with Crippen LogP contribution in [0.3, 0.4) is 0 Å². The van der Waals surface area contributed by atoms with E-state index in [1.807, 2.05) is 6.92 Å². The van der Waals surface area contributed by atoms with E-state index in [9.17, 15) is 8.42 Å². The van der Waals surface area contributed by atoms with E-state index < -0.39 is 15.6 Å². The minimum Gasteiger partial charge on any atom is -0.386 e. The molecule has 1 fully saturated rings. The Morgan fingerprint density at radius 2 is 2.19 bits per heavy atom. The first kappa shape index (κ1) is 16.0. The number of sulfonamides is 1. The maximum Gasteiger partial charge on any atom is 0.258 e. The third-order valence-corrected chi connectivity index (χ3v) is 5.65. The molecule has 2 rings (SSSR count). The highest BCUT2D eigenvalue weighted by atomic mass is 32.2. The number of hydrogen-bond donors (Lipinski definition) is 4. The zero-order valence-corrected chi connectivity index (χ0v) is 13.3. The van der Waals surface area contributed by atoms with Crippen molar-refractivity contribution in [2.24, 2.45) is 11.7 Å². The molecule has 0 atom stereocenters. The van der Waals surface area contributed by atoms with Crippen LogP contribution < -0.4 is 10.5 Å². The fraction of sp³-hybridized carbons (Fsp3) is 0.692. The first-order chi connectivity index (χ1) is 9.79. The van der Waals surface area contributed by atoms with Gasteiger partial charge >= 0.3 is 0 Å². The second-order valence-corrected chi connectivity index (χ2v) is 7.48. The van der Waals surface area contributed by atoms with E-state index in [-0.39, 0.29) is 10.9 Å². The number of imidazole rings is 1. The summed E-state index contributed by atoms with van der Waals surface area (Å²) in [5.74, 6) is 1.03. The lowest BCUT2D eigenvalue weighted by molar-refractivity contribution is 0.285. The van der Waals surface area contributed by atoms with Gasteiger partial charge in [-0.2, -0.15) is 4.72 Å². The fourth-order valence-electron chi connectivity index (χ4n) is 2.65. The molecular weight excluding hydrogens is 290 g/mol. The number of nitrogens with two attached hydrogens (primary N) is 1. The molecule has 1 saturated carbocycles. The fourth-order valence-corrected chi connectivity index (χ4v) is 4.04. The number of hydrogen-bond acceptors (Lipinski definition) is 4. The Hall–Kier alpha value is -1.41. The average Bonchev–Trinajstić information content (AvgIpc) is 2.91. The molecule has 0 radical (unpaired) electrons. The Bertz CT molecular complexity index is 614. The van der Waals surface area contributed by atoms with Gasteiger partial charge in [0.15, 0.2) is 5.03 Å². The second kappa shape index (κ2) is 5.76. The summed E-state index contributed by atoms with van der Waals surface area (Å²) in [6.07, 6.45) is 4.75. The van der Waals surface area contributed by atoms with Crippen LogP contribution >= 0.6 is 0 Å². The van der Waals surface area contributed by atoms with Crippen LogP contribution in [0.25, 0.3) is 0 Å². The van der Waals surface area contributed by atoms with Gasteiger partial charge in [-0.15, -0.1) is 0 Å². The molecule has 0 saturated heterocycles. The molecular formula is C13H23N5O2S. The van der Waals surface area contributed by atoms with Crippen molar-refractivity contribution in [2.45, 2.75) is 56.5 Å². The van der Waals surface area contributed by atoms with Gasteiger partial charge in [0.1, 0.15) is 11.7 Å². The highest BCUT2D eigenvalue weighted by Gasteiger charge is 2.41. The van der Waals surface area contributed by atoms with Gasteiger partial charge in [0.05, 0.1) is 11.7 Å². The van der Waals surface area contributed by atoms with Crippen LogP contribution in [0.1, 0.15) is 45.4 Å². The van der Waals surface area contributed by atoms with Gasteiger partial charge < -0.3 is 10.7 Å². The van der Waals surface area contributed by atoms with E-state index in [1.54, 1.807) is 0 Å². The Balaban J connectivity index is 2.26. The minimum atomic E-state index is -3.76. The normalized spacial score (nSPS) is 26.7. The molecule has 1 aliphatic rings. The Kier molecular flexibility index (Phi) is 4.38. The van der Waals surface area contributed by atoms with Crippen LogP contribution in [0.15, 0.2) is 11.2 Å². The summed E-state index contributed by atoms with van der Waals surface area (Å²) in [7, 11) is -3.76. The van der Waals surface area contributed by atoms with E-state index in [0.717, 1.165) is 12.8 Å². The predicted molar refractivity (Wildman–Crippen MR) is 80.6 cm³/mol. The predicted octanol–water partition coefficient (Wildman–Crippen LogP) is 1.14.